The van der Waals surface area contributed by atoms with E-state index in [-0.39, 0.29) is 11.4 Å². The van der Waals surface area contributed by atoms with Crippen molar-refractivity contribution >= 4 is 22.6 Å². The first-order valence-corrected chi connectivity index (χ1v) is 6.45. The zero-order valence-electron chi connectivity index (χ0n) is 9.73. The van der Waals surface area contributed by atoms with E-state index < -0.39 is 23.0 Å². The van der Waals surface area contributed by atoms with Gasteiger partial charge in [0.15, 0.2) is 17.5 Å². The third kappa shape index (κ3) is 2.65. The second kappa shape index (κ2) is 5.32. The lowest BCUT2D eigenvalue weighted by Gasteiger charge is -2.06. The summed E-state index contributed by atoms with van der Waals surface area (Å²) in [7, 11) is 0. The van der Waals surface area contributed by atoms with Gasteiger partial charge in [0.05, 0.1) is 9.26 Å². The van der Waals surface area contributed by atoms with E-state index in [1.54, 1.807) is 6.92 Å². The number of aromatic amines is 1. The fourth-order valence-corrected chi connectivity index (χ4v) is 2.21. The van der Waals surface area contributed by atoms with Crippen LogP contribution in [0.3, 0.4) is 0 Å². The Hall–Kier alpha value is -1.38. The minimum Gasteiger partial charge on any atom is -0.306 e. The van der Waals surface area contributed by atoms with Crippen molar-refractivity contribution in [3.05, 3.63) is 49.2 Å². The summed E-state index contributed by atoms with van der Waals surface area (Å²) in [6.45, 7) is 1.81. The van der Waals surface area contributed by atoms with Crippen LogP contribution in [0.15, 0.2) is 16.9 Å². The zero-order chi connectivity index (χ0) is 14.2. The number of aromatic nitrogens is 2. The van der Waals surface area contributed by atoms with Crippen LogP contribution in [0.1, 0.15) is 12.6 Å². The van der Waals surface area contributed by atoms with Crippen molar-refractivity contribution in [2.45, 2.75) is 13.3 Å². The molecular formula is C12H8F3IN2O. The van der Waals surface area contributed by atoms with Crippen LogP contribution in [-0.4, -0.2) is 9.97 Å². The van der Waals surface area contributed by atoms with E-state index in [9.17, 15) is 18.0 Å². The summed E-state index contributed by atoms with van der Waals surface area (Å²) < 4.78 is 39.6. The molecule has 1 aromatic carbocycles. The van der Waals surface area contributed by atoms with Crippen molar-refractivity contribution < 1.29 is 13.2 Å². The topological polar surface area (TPSA) is 45.8 Å². The smallest absolute Gasteiger partial charge is 0.264 e. The van der Waals surface area contributed by atoms with E-state index in [4.69, 9.17) is 0 Å². The standard InChI is InChI=1S/C12H8F3IN2O/c1-2-8-10(16)12(19)18-11(17-8)5-3-6(13)9(15)7(14)4-5/h3-4H,2H2,1H3,(H,17,18,19). The van der Waals surface area contributed by atoms with Gasteiger partial charge in [-0.25, -0.2) is 18.2 Å². The van der Waals surface area contributed by atoms with E-state index in [1.807, 2.05) is 22.6 Å². The molecule has 0 radical (unpaired) electrons. The summed E-state index contributed by atoms with van der Waals surface area (Å²) in [6.07, 6.45) is 0.501. The lowest BCUT2D eigenvalue weighted by atomic mass is 10.2. The molecule has 2 rings (SSSR count). The van der Waals surface area contributed by atoms with Crippen LogP contribution in [-0.2, 0) is 6.42 Å². The summed E-state index contributed by atoms with van der Waals surface area (Å²) in [6, 6.07) is 1.59. The van der Waals surface area contributed by atoms with Crippen molar-refractivity contribution in [1.82, 2.24) is 9.97 Å². The molecule has 0 unspecified atom stereocenters. The van der Waals surface area contributed by atoms with Crippen molar-refractivity contribution in [2.75, 3.05) is 0 Å². The molecule has 0 aliphatic carbocycles. The predicted molar refractivity (Wildman–Crippen MR) is 72.3 cm³/mol. The van der Waals surface area contributed by atoms with E-state index in [0.29, 0.717) is 15.7 Å². The summed E-state index contributed by atoms with van der Waals surface area (Å²) >= 11 is 1.85. The van der Waals surface area contributed by atoms with E-state index in [2.05, 4.69) is 9.97 Å². The first-order valence-electron chi connectivity index (χ1n) is 5.37. The van der Waals surface area contributed by atoms with Crippen molar-refractivity contribution in [3.63, 3.8) is 0 Å². The predicted octanol–water partition coefficient (Wildman–Crippen LogP) is 3.02. The van der Waals surface area contributed by atoms with Crippen molar-refractivity contribution in [3.8, 4) is 11.4 Å². The number of halogens is 4. The second-order valence-corrected chi connectivity index (χ2v) is 4.86. The molecule has 0 atom stereocenters. The average molecular weight is 380 g/mol. The number of aryl methyl sites for hydroxylation is 1. The minimum absolute atomic E-state index is 0.0140. The highest BCUT2D eigenvalue weighted by atomic mass is 127. The molecule has 0 aliphatic rings. The quantitative estimate of drug-likeness (QED) is 0.643. The third-order valence-electron chi connectivity index (χ3n) is 2.52. The second-order valence-electron chi connectivity index (χ2n) is 3.78. The monoisotopic (exact) mass is 380 g/mol. The molecule has 100 valence electrons. The number of nitrogens with zero attached hydrogens (tertiary/aromatic N) is 1. The van der Waals surface area contributed by atoms with Crippen LogP contribution in [0.5, 0.6) is 0 Å². The highest BCUT2D eigenvalue weighted by molar-refractivity contribution is 14.1. The van der Waals surface area contributed by atoms with Crippen LogP contribution in [0, 0.1) is 21.0 Å². The summed E-state index contributed by atoms with van der Waals surface area (Å²) in [5.74, 6) is -4.18. The van der Waals surface area contributed by atoms with Crippen LogP contribution >= 0.6 is 22.6 Å². The van der Waals surface area contributed by atoms with Gasteiger partial charge >= 0.3 is 0 Å². The lowest BCUT2D eigenvalue weighted by Crippen LogP contribution is -2.16. The molecule has 1 aromatic heterocycles. The van der Waals surface area contributed by atoms with Crippen molar-refractivity contribution in [1.29, 1.82) is 0 Å². The Morgan fingerprint density at radius 2 is 1.84 bits per heavy atom. The van der Waals surface area contributed by atoms with E-state index in [1.165, 1.54) is 0 Å². The minimum atomic E-state index is -1.55. The molecule has 0 fully saturated rings. The molecule has 7 heteroatoms. The van der Waals surface area contributed by atoms with Gasteiger partial charge in [0.25, 0.3) is 5.56 Å². The van der Waals surface area contributed by atoms with Gasteiger partial charge in [-0.05, 0) is 41.1 Å². The molecule has 0 saturated heterocycles. The third-order valence-corrected chi connectivity index (χ3v) is 3.64. The highest BCUT2D eigenvalue weighted by Gasteiger charge is 2.14. The Balaban J connectivity index is 2.66. The molecule has 0 spiro atoms. The van der Waals surface area contributed by atoms with Crippen LogP contribution in [0.4, 0.5) is 13.2 Å². The average Bonchev–Trinajstić information content (AvgIpc) is 2.38. The summed E-state index contributed by atoms with van der Waals surface area (Å²) in [4.78, 5) is 18.2. The molecule has 0 aliphatic heterocycles. The van der Waals surface area contributed by atoms with Gasteiger partial charge in [-0.3, -0.25) is 4.79 Å². The molecule has 0 saturated carbocycles. The number of hydrogen-bond donors (Lipinski definition) is 1. The molecule has 1 heterocycles. The maximum atomic E-state index is 13.2. The van der Waals surface area contributed by atoms with Gasteiger partial charge in [-0.15, -0.1) is 0 Å². The Morgan fingerprint density at radius 1 is 1.26 bits per heavy atom. The molecule has 1 N–H and O–H groups in total. The maximum absolute atomic E-state index is 13.2. The number of benzene rings is 1. The molecular weight excluding hydrogens is 372 g/mol. The molecule has 0 amide bonds. The van der Waals surface area contributed by atoms with Crippen LogP contribution in [0.2, 0.25) is 0 Å². The van der Waals surface area contributed by atoms with Crippen molar-refractivity contribution in [2.24, 2.45) is 0 Å². The van der Waals surface area contributed by atoms with E-state index in [0.717, 1.165) is 12.1 Å². The molecule has 2 aromatic rings. The Bertz CT molecular complexity index is 677. The van der Waals surface area contributed by atoms with Gasteiger partial charge in [-0.1, -0.05) is 6.92 Å². The normalized spacial score (nSPS) is 10.8. The molecule has 0 bridgehead atoms. The zero-order valence-corrected chi connectivity index (χ0v) is 11.9. The first-order chi connectivity index (χ1) is 8.93. The fraction of sp³-hybridized carbons (Fsp3) is 0.167. The van der Waals surface area contributed by atoms with Gasteiger partial charge in [0.2, 0.25) is 0 Å². The first kappa shape index (κ1) is 14.0. The number of rotatable bonds is 2. The largest absolute Gasteiger partial charge is 0.306 e. The molecule has 19 heavy (non-hydrogen) atoms. The van der Waals surface area contributed by atoms with Gasteiger partial charge < -0.3 is 4.98 Å². The van der Waals surface area contributed by atoms with Gasteiger partial charge in [0.1, 0.15) is 5.82 Å². The Morgan fingerprint density at radius 3 is 2.37 bits per heavy atom. The fourth-order valence-electron chi connectivity index (χ4n) is 1.57. The van der Waals surface area contributed by atoms with Crippen LogP contribution < -0.4 is 5.56 Å². The van der Waals surface area contributed by atoms with Gasteiger partial charge in [-0.2, -0.15) is 0 Å². The lowest BCUT2D eigenvalue weighted by molar-refractivity contribution is 0.447. The SMILES string of the molecule is CCc1nc(-c2cc(F)c(F)c(F)c2)[nH]c(=O)c1I. The maximum Gasteiger partial charge on any atom is 0.264 e. The number of hydrogen-bond acceptors (Lipinski definition) is 2. The number of nitrogens with one attached hydrogen (secondary N) is 1. The number of H-pyrrole nitrogens is 1. The molecule has 3 nitrogen and oxygen atoms in total. The Kier molecular flexibility index (Phi) is 3.93. The highest BCUT2D eigenvalue weighted by Crippen LogP contribution is 2.21. The summed E-state index contributed by atoms with van der Waals surface area (Å²) in [5.41, 5.74) is 0.108. The van der Waals surface area contributed by atoms with Gasteiger partial charge in [0, 0.05) is 5.56 Å². The summed E-state index contributed by atoms with van der Waals surface area (Å²) in [5, 5.41) is 0. The Labute approximate surface area is 120 Å². The van der Waals surface area contributed by atoms with E-state index >= 15 is 0 Å². The van der Waals surface area contributed by atoms with Crippen LogP contribution in [0.25, 0.3) is 11.4 Å².